The summed E-state index contributed by atoms with van der Waals surface area (Å²) in [7, 11) is -0.212. The van der Waals surface area contributed by atoms with Crippen LogP contribution in [0.2, 0.25) is 0 Å². The second-order valence-electron chi connectivity index (χ2n) is 3.07. The van der Waals surface area contributed by atoms with Gasteiger partial charge in [-0.2, -0.15) is 0 Å². The standard InChI is InChI=1S/C6H15N3O3S/c1-5(6(7)10)8-13(11,12)4-9(2)3/h5,8H,4H2,1-3H3,(H2,7,10). The minimum atomic E-state index is -3.45. The van der Waals surface area contributed by atoms with E-state index in [-0.39, 0.29) is 5.88 Å². The maximum absolute atomic E-state index is 11.2. The van der Waals surface area contributed by atoms with Gasteiger partial charge in [0.25, 0.3) is 0 Å². The van der Waals surface area contributed by atoms with E-state index in [2.05, 4.69) is 4.72 Å². The first-order valence-electron chi connectivity index (χ1n) is 3.68. The van der Waals surface area contributed by atoms with E-state index in [0.29, 0.717) is 0 Å². The molecule has 0 aliphatic rings. The summed E-state index contributed by atoms with van der Waals surface area (Å²) in [4.78, 5) is 12.0. The van der Waals surface area contributed by atoms with Crippen LogP contribution in [0, 0.1) is 0 Å². The molecular formula is C6H15N3O3S. The molecule has 0 fully saturated rings. The number of carbonyl (C=O) groups excluding carboxylic acids is 1. The van der Waals surface area contributed by atoms with Gasteiger partial charge < -0.3 is 5.73 Å². The first-order chi connectivity index (χ1) is 5.74. The minimum absolute atomic E-state index is 0.162. The number of nitrogens with two attached hydrogens (primary N) is 1. The van der Waals surface area contributed by atoms with Gasteiger partial charge in [0.2, 0.25) is 15.9 Å². The van der Waals surface area contributed by atoms with E-state index in [4.69, 9.17) is 5.73 Å². The van der Waals surface area contributed by atoms with Gasteiger partial charge in [-0.05, 0) is 21.0 Å². The fourth-order valence-corrected chi connectivity index (χ4v) is 2.11. The highest BCUT2D eigenvalue weighted by Crippen LogP contribution is 1.90. The van der Waals surface area contributed by atoms with Gasteiger partial charge >= 0.3 is 0 Å². The molecule has 1 atom stereocenters. The first-order valence-corrected chi connectivity index (χ1v) is 5.34. The monoisotopic (exact) mass is 209 g/mol. The predicted molar refractivity (Wildman–Crippen MR) is 49.3 cm³/mol. The second kappa shape index (κ2) is 4.54. The van der Waals surface area contributed by atoms with E-state index in [1.807, 2.05) is 0 Å². The van der Waals surface area contributed by atoms with E-state index in [0.717, 1.165) is 0 Å². The predicted octanol–water partition coefficient (Wildman–Crippen LogP) is -1.70. The van der Waals surface area contributed by atoms with Crippen molar-refractivity contribution >= 4 is 15.9 Å². The van der Waals surface area contributed by atoms with Gasteiger partial charge in [0, 0.05) is 0 Å². The number of hydrogen-bond donors (Lipinski definition) is 2. The average molecular weight is 209 g/mol. The van der Waals surface area contributed by atoms with Crippen LogP contribution in [0.5, 0.6) is 0 Å². The lowest BCUT2D eigenvalue weighted by atomic mass is 10.4. The van der Waals surface area contributed by atoms with Crippen molar-refractivity contribution in [3.63, 3.8) is 0 Å². The van der Waals surface area contributed by atoms with E-state index in [1.54, 1.807) is 14.1 Å². The molecule has 0 aliphatic carbocycles. The van der Waals surface area contributed by atoms with Crippen LogP contribution >= 0.6 is 0 Å². The molecule has 1 amide bonds. The number of rotatable bonds is 5. The molecule has 0 rings (SSSR count). The Morgan fingerprint density at radius 2 is 2.00 bits per heavy atom. The Morgan fingerprint density at radius 3 is 2.31 bits per heavy atom. The molecule has 78 valence electrons. The molecule has 0 saturated heterocycles. The third kappa shape index (κ3) is 5.56. The number of sulfonamides is 1. The van der Waals surface area contributed by atoms with Crippen molar-refractivity contribution in [1.29, 1.82) is 0 Å². The molecule has 3 N–H and O–H groups in total. The lowest BCUT2D eigenvalue weighted by Crippen LogP contribution is -2.44. The van der Waals surface area contributed by atoms with Crippen LogP contribution in [0.15, 0.2) is 0 Å². The van der Waals surface area contributed by atoms with Crippen LogP contribution in [-0.2, 0) is 14.8 Å². The summed E-state index contributed by atoms with van der Waals surface area (Å²) < 4.78 is 24.5. The Bertz CT molecular complexity index is 273. The lowest BCUT2D eigenvalue weighted by Gasteiger charge is -2.14. The molecule has 6 nitrogen and oxygen atoms in total. The molecule has 0 aromatic carbocycles. The molecule has 7 heteroatoms. The summed E-state index contributed by atoms with van der Waals surface area (Å²) in [5, 5.41) is 0. The van der Waals surface area contributed by atoms with Crippen molar-refractivity contribution in [2.24, 2.45) is 5.73 Å². The highest BCUT2D eigenvalue weighted by atomic mass is 32.2. The summed E-state index contributed by atoms with van der Waals surface area (Å²) in [5.74, 6) is -0.854. The quantitative estimate of drug-likeness (QED) is 0.564. The molecule has 0 saturated carbocycles. The van der Waals surface area contributed by atoms with Crippen LogP contribution < -0.4 is 10.5 Å². The zero-order valence-corrected chi connectivity index (χ0v) is 8.76. The third-order valence-corrected chi connectivity index (χ3v) is 2.78. The Hall–Kier alpha value is -0.660. The molecular weight excluding hydrogens is 194 g/mol. The second-order valence-corrected chi connectivity index (χ2v) is 4.79. The van der Waals surface area contributed by atoms with Crippen molar-refractivity contribution in [3.05, 3.63) is 0 Å². The summed E-state index contributed by atoms with van der Waals surface area (Å²) in [6.45, 7) is 1.40. The molecule has 1 unspecified atom stereocenters. The van der Waals surface area contributed by atoms with Crippen molar-refractivity contribution in [2.75, 3.05) is 20.0 Å². The molecule has 0 radical (unpaired) electrons. The maximum Gasteiger partial charge on any atom is 0.235 e. The molecule has 0 spiro atoms. The van der Waals surface area contributed by atoms with Crippen molar-refractivity contribution in [2.45, 2.75) is 13.0 Å². The van der Waals surface area contributed by atoms with Gasteiger partial charge in [0.15, 0.2) is 0 Å². The summed E-state index contributed by atoms with van der Waals surface area (Å²) in [5.41, 5.74) is 4.89. The van der Waals surface area contributed by atoms with Gasteiger partial charge in [-0.25, -0.2) is 13.1 Å². The molecule has 0 aromatic heterocycles. The normalized spacial score (nSPS) is 14.5. The number of amides is 1. The summed E-state index contributed by atoms with van der Waals surface area (Å²) in [6.07, 6.45) is 0. The Kier molecular flexibility index (Phi) is 4.31. The molecule has 0 aromatic rings. The highest BCUT2D eigenvalue weighted by molar-refractivity contribution is 7.89. The zero-order chi connectivity index (χ0) is 10.6. The Morgan fingerprint density at radius 1 is 1.54 bits per heavy atom. The number of nitrogens with zero attached hydrogens (tertiary/aromatic N) is 1. The van der Waals surface area contributed by atoms with Crippen LogP contribution in [0.1, 0.15) is 6.92 Å². The van der Waals surface area contributed by atoms with Crippen molar-refractivity contribution in [1.82, 2.24) is 9.62 Å². The largest absolute Gasteiger partial charge is 0.368 e. The highest BCUT2D eigenvalue weighted by Gasteiger charge is 2.18. The average Bonchev–Trinajstić information content (AvgIpc) is 1.81. The van der Waals surface area contributed by atoms with E-state index in [1.165, 1.54) is 11.8 Å². The SMILES string of the molecule is CC(NS(=O)(=O)CN(C)C)C(N)=O. The van der Waals surface area contributed by atoms with Crippen LogP contribution in [0.3, 0.4) is 0 Å². The van der Waals surface area contributed by atoms with Gasteiger partial charge in [-0.15, -0.1) is 0 Å². The van der Waals surface area contributed by atoms with Crippen molar-refractivity contribution in [3.8, 4) is 0 Å². The third-order valence-electron chi connectivity index (χ3n) is 1.21. The number of nitrogens with one attached hydrogen (secondary N) is 1. The van der Waals surface area contributed by atoms with Gasteiger partial charge in [-0.1, -0.05) is 0 Å². The molecule has 13 heavy (non-hydrogen) atoms. The molecule has 0 heterocycles. The fraction of sp³-hybridized carbons (Fsp3) is 0.833. The maximum atomic E-state index is 11.2. The lowest BCUT2D eigenvalue weighted by molar-refractivity contribution is -0.119. The summed E-state index contributed by atoms with van der Waals surface area (Å²) in [6, 6.07) is -0.870. The van der Waals surface area contributed by atoms with Crippen molar-refractivity contribution < 1.29 is 13.2 Å². The van der Waals surface area contributed by atoms with Crippen LogP contribution in [0.25, 0.3) is 0 Å². The van der Waals surface area contributed by atoms with E-state index < -0.39 is 22.0 Å². The van der Waals surface area contributed by atoms with Crippen LogP contribution in [0.4, 0.5) is 0 Å². The van der Waals surface area contributed by atoms with Gasteiger partial charge in [0.05, 0.1) is 6.04 Å². The Balaban J connectivity index is 4.27. The topological polar surface area (TPSA) is 92.5 Å². The van der Waals surface area contributed by atoms with Crippen LogP contribution in [-0.4, -0.2) is 45.2 Å². The van der Waals surface area contributed by atoms with Gasteiger partial charge in [-0.3, -0.25) is 9.69 Å². The molecule has 0 aliphatic heterocycles. The van der Waals surface area contributed by atoms with E-state index in [9.17, 15) is 13.2 Å². The number of hydrogen-bond acceptors (Lipinski definition) is 4. The minimum Gasteiger partial charge on any atom is -0.368 e. The zero-order valence-electron chi connectivity index (χ0n) is 7.94. The Labute approximate surface area is 78.1 Å². The fourth-order valence-electron chi connectivity index (χ4n) is 0.705. The first kappa shape index (κ1) is 12.3. The van der Waals surface area contributed by atoms with E-state index >= 15 is 0 Å². The smallest absolute Gasteiger partial charge is 0.235 e. The number of carbonyl (C=O) groups is 1. The summed E-state index contributed by atoms with van der Waals surface area (Å²) >= 11 is 0. The number of primary amides is 1. The van der Waals surface area contributed by atoms with Gasteiger partial charge in [0.1, 0.15) is 5.88 Å². The molecule has 0 bridgehead atoms.